The normalized spacial score (nSPS) is 12.9. The Labute approximate surface area is 159 Å². The third-order valence-electron chi connectivity index (χ3n) is 3.64. The summed E-state index contributed by atoms with van der Waals surface area (Å²) >= 11 is 3.24. The van der Waals surface area contributed by atoms with Gasteiger partial charge in [0.1, 0.15) is 5.69 Å². The average Bonchev–Trinajstić information content (AvgIpc) is 3.07. The van der Waals surface area contributed by atoms with E-state index in [9.17, 15) is 21.6 Å². The summed E-state index contributed by atoms with van der Waals surface area (Å²) in [4.78, 5) is 8.24. The molecular formula is C14H11F3IN3O2S2. The summed E-state index contributed by atoms with van der Waals surface area (Å²) in [6.07, 6.45) is -3.47. The maximum atomic E-state index is 12.8. The van der Waals surface area contributed by atoms with E-state index in [1.54, 1.807) is 17.7 Å². The Morgan fingerprint density at radius 1 is 1.32 bits per heavy atom. The molecule has 0 aliphatic heterocycles. The van der Waals surface area contributed by atoms with Gasteiger partial charge in [-0.2, -0.15) is 13.2 Å². The van der Waals surface area contributed by atoms with E-state index in [2.05, 4.69) is 9.97 Å². The monoisotopic (exact) mass is 501 g/mol. The zero-order chi connectivity index (χ0) is 18.6. The maximum Gasteiger partial charge on any atom is 0.433 e. The first kappa shape index (κ1) is 18.6. The highest BCUT2D eigenvalue weighted by atomic mass is 127. The fourth-order valence-electron chi connectivity index (χ4n) is 2.34. The average molecular weight is 501 g/mol. The Morgan fingerprint density at radius 3 is 2.60 bits per heavy atom. The zero-order valence-corrected chi connectivity index (χ0v) is 16.7. The van der Waals surface area contributed by atoms with Crippen LogP contribution in [0.2, 0.25) is 0 Å². The van der Waals surface area contributed by atoms with Crippen molar-refractivity contribution in [1.29, 1.82) is 0 Å². The first-order valence-electron chi connectivity index (χ1n) is 6.96. The molecule has 3 rings (SSSR count). The van der Waals surface area contributed by atoms with E-state index < -0.39 is 21.7 Å². The van der Waals surface area contributed by atoms with Crippen LogP contribution in [0.5, 0.6) is 0 Å². The van der Waals surface area contributed by atoms with Crippen molar-refractivity contribution >= 4 is 54.8 Å². The highest BCUT2D eigenvalue weighted by Gasteiger charge is 2.33. The Bertz CT molecular complexity index is 1070. The zero-order valence-electron chi connectivity index (χ0n) is 12.9. The smallest absolute Gasteiger partial charge is 0.325 e. The third kappa shape index (κ3) is 3.28. The molecule has 0 N–H and O–H groups in total. The molecule has 134 valence electrons. The standard InChI is InChI=1S/C14H11F3IN3O2S2/c1-3-25(22,23)9-5-11(18)24-12(9)13-20-7-4-10(14(15,16)17)19-6-8(7)21(13)2/h4-6H,3H2,1-2H3. The van der Waals surface area contributed by atoms with Crippen LogP contribution in [0.3, 0.4) is 0 Å². The van der Waals surface area contributed by atoms with E-state index in [-0.39, 0.29) is 16.2 Å². The lowest BCUT2D eigenvalue weighted by Crippen LogP contribution is -2.07. The summed E-state index contributed by atoms with van der Waals surface area (Å²) in [5.74, 6) is 0.229. The molecule has 0 atom stereocenters. The fraction of sp³-hybridized carbons (Fsp3) is 0.286. The van der Waals surface area contributed by atoms with Gasteiger partial charge < -0.3 is 4.57 Å². The van der Waals surface area contributed by atoms with Crippen molar-refractivity contribution in [2.24, 2.45) is 7.05 Å². The summed E-state index contributed by atoms with van der Waals surface area (Å²) in [5, 5.41) is 0. The van der Waals surface area contributed by atoms with Gasteiger partial charge in [-0.05, 0) is 34.7 Å². The van der Waals surface area contributed by atoms with Gasteiger partial charge >= 0.3 is 6.18 Å². The highest BCUT2D eigenvalue weighted by molar-refractivity contribution is 14.1. The molecule has 5 nitrogen and oxygen atoms in total. The SMILES string of the molecule is CCS(=O)(=O)c1cc(I)sc1-c1nc2cc(C(F)(F)F)ncc2n1C. The summed E-state index contributed by atoms with van der Waals surface area (Å²) in [7, 11) is -1.87. The third-order valence-corrected chi connectivity index (χ3v) is 7.42. The molecule has 0 amide bonds. The number of thiophene rings is 1. The minimum atomic E-state index is -4.57. The van der Waals surface area contributed by atoms with Gasteiger partial charge in [0, 0.05) is 7.05 Å². The molecule has 0 unspecified atom stereocenters. The number of pyridine rings is 1. The van der Waals surface area contributed by atoms with Crippen LogP contribution in [0.15, 0.2) is 23.2 Å². The largest absolute Gasteiger partial charge is 0.433 e. The molecule has 11 heteroatoms. The van der Waals surface area contributed by atoms with Gasteiger partial charge in [-0.15, -0.1) is 11.3 Å². The molecule has 0 fully saturated rings. The topological polar surface area (TPSA) is 64.8 Å². The fourth-order valence-corrected chi connectivity index (χ4v) is 5.89. The molecule has 0 bridgehead atoms. The molecular weight excluding hydrogens is 490 g/mol. The number of halogens is 4. The number of aromatic nitrogens is 3. The van der Waals surface area contributed by atoms with E-state index in [0.29, 0.717) is 16.2 Å². The van der Waals surface area contributed by atoms with Crippen molar-refractivity contribution in [3.63, 3.8) is 0 Å². The second-order valence-electron chi connectivity index (χ2n) is 5.20. The van der Waals surface area contributed by atoms with Gasteiger partial charge in [-0.1, -0.05) is 6.92 Å². The molecule has 3 heterocycles. The minimum absolute atomic E-state index is 0.0729. The van der Waals surface area contributed by atoms with E-state index >= 15 is 0 Å². The highest BCUT2D eigenvalue weighted by Crippen LogP contribution is 2.38. The molecule has 0 aromatic carbocycles. The van der Waals surface area contributed by atoms with Crippen LogP contribution in [-0.2, 0) is 23.1 Å². The van der Waals surface area contributed by atoms with Crippen molar-refractivity contribution < 1.29 is 21.6 Å². The van der Waals surface area contributed by atoms with Crippen LogP contribution in [-0.4, -0.2) is 28.7 Å². The Hall–Kier alpha value is -1.21. The lowest BCUT2D eigenvalue weighted by molar-refractivity contribution is -0.141. The summed E-state index contributed by atoms with van der Waals surface area (Å²) < 4.78 is 65.5. The van der Waals surface area contributed by atoms with Gasteiger partial charge in [0.05, 0.1) is 35.6 Å². The van der Waals surface area contributed by atoms with Crippen LogP contribution in [0.4, 0.5) is 13.2 Å². The molecule has 0 radical (unpaired) electrons. The van der Waals surface area contributed by atoms with Crippen LogP contribution in [0.25, 0.3) is 21.7 Å². The lowest BCUT2D eigenvalue weighted by atomic mass is 10.3. The molecule has 0 spiro atoms. The molecule has 0 aliphatic rings. The van der Waals surface area contributed by atoms with Crippen molar-refractivity contribution in [1.82, 2.24) is 14.5 Å². The number of alkyl halides is 3. The second kappa shape index (κ2) is 6.20. The van der Waals surface area contributed by atoms with Gasteiger partial charge in [-0.3, -0.25) is 0 Å². The van der Waals surface area contributed by atoms with Crippen LogP contribution in [0.1, 0.15) is 12.6 Å². The van der Waals surface area contributed by atoms with E-state index in [1.807, 2.05) is 22.6 Å². The van der Waals surface area contributed by atoms with Crippen molar-refractivity contribution in [3.05, 3.63) is 26.9 Å². The quantitative estimate of drug-likeness (QED) is 0.507. The van der Waals surface area contributed by atoms with Gasteiger partial charge in [0.25, 0.3) is 0 Å². The molecule has 3 aromatic heterocycles. The number of nitrogens with zero attached hydrogens (tertiary/aromatic N) is 3. The summed E-state index contributed by atoms with van der Waals surface area (Å²) in [5.41, 5.74) is -0.527. The van der Waals surface area contributed by atoms with Gasteiger partial charge in [0.2, 0.25) is 0 Å². The van der Waals surface area contributed by atoms with Crippen LogP contribution < -0.4 is 0 Å². The predicted molar refractivity (Wildman–Crippen MR) is 97.3 cm³/mol. The Balaban J connectivity index is 2.26. The number of aryl methyl sites for hydroxylation is 1. The lowest BCUT2D eigenvalue weighted by Gasteiger charge is -2.05. The minimum Gasteiger partial charge on any atom is -0.325 e. The molecule has 3 aromatic rings. The maximum absolute atomic E-state index is 12.8. The van der Waals surface area contributed by atoms with Crippen molar-refractivity contribution in [2.45, 2.75) is 18.0 Å². The Morgan fingerprint density at radius 2 is 2.00 bits per heavy atom. The summed E-state index contributed by atoms with van der Waals surface area (Å²) in [6.45, 7) is 1.54. The molecule has 0 aliphatic carbocycles. The second-order valence-corrected chi connectivity index (χ2v) is 10.4. The first-order chi connectivity index (χ1) is 11.5. The van der Waals surface area contributed by atoms with Crippen LogP contribution in [0, 0.1) is 2.88 Å². The first-order valence-corrected chi connectivity index (χ1v) is 10.5. The number of fused-ring (bicyclic) bond motifs is 1. The van der Waals surface area contributed by atoms with Crippen molar-refractivity contribution in [2.75, 3.05) is 5.75 Å². The number of rotatable bonds is 3. The van der Waals surface area contributed by atoms with E-state index in [0.717, 1.165) is 15.1 Å². The van der Waals surface area contributed by atoms with Gasteiger partial charge in [0.15, 0.2) is 15.7 Å². The van der Waals surface area contributed by atoms with Gasteiger partial charge in [-0.25, -0.2) is 18.4 Å². The number of sulfone groups is 1. The number of hydrogen-bond acceptors (Lipinski definition) is 5. The predicted octanol–water partition coefficient (Wildman–Crippen LogP) is 4.11. The number of hydrogen-bond donors (Lipinski definition) is 0. The molecule has 0 saturated carbocycles. The van der Waals surface area contributed by atoms with E-state index in [4.69, 9.17) is 0 Å². The van der Waals surface area contributed by atoms with Crippen LogP contribution >= 0.6 is 33.9 Å². The molecule has 25 heavy (non-hydrogen) atoms. The Kier molecular flexibility index (Phi) is 4.60. The molecule has 0 saturated heterocycles. The number of imidazole rings is 1. The van der Waals surface area contributed by atoms with Crippen molar-refractivity contribution in [3.8, 4) is 10.7 Å². The van der Waals surface area contributed by atoms with E-state index in [1.165, 1.54) is 18.3 Å². The summed E-state index contributed by atoms with van der Waals surface area (Å²) in [6, 6.07) is 2.42.